The largest absolute Gasteiger partial charge is 0.335 e. The maximum atomic E-state index is 13.1. The molecule has 2 heterocycles. The van der Waals surface area contributed by atoms with Crippen molar-refractivity contribution in [1.29, 1.82) is 0 Å². The fourth-order valence-corrected chi connectivity index (χ4v) is 3.19. The van der Waals surface area contributed by atoms with Gasteiger partial charge in [0.05, 0.1) is 4.88 Å². The summed E-state index contributed by atoms with van der Waals surface area (Å²) in [6.45, 7) is 3.15. The highest BCUT2D eigenvalue weighted by molar-refractivity contribution is 7.20. The molecule has 1 saturated heterocycles. The molecular weight excluding hydrogens is 251 g/mol. The number of halogens is 1. The molecule has 0 atom stereocenters. The van der Waals surface area contributed by atoms with Gasteiger partial charge in [-0.15, -0.1) is 11.3 Å². The third-order valence-electron chi connectivity index (χ3n) is 3.10. The second kappa shape index (κ2) is 4.66. The predicted molar refractivity (Wildman–Crippen MR) is 70.6 cm³/mol. The highest BCUT2D eigenvalue weighted by Gasteiger charge is 2.19. The number of fused-ring (bicyclic) bond motifs is 1. The molecule has 1 aliphatic rings. The minimum Gasteiger partial charge on any atom is -0.335 e. The summed E-state index contributed by atoms with van der Waals surface area (Å²) in [5.41, 5.74) is 0. The molecule has 3 rings (SSSR count). The minimum absolute atomic E-state index is 0.0538. The van der Waals surface area contributed by atoms with Crippen LogP contribution >= 0.6 is 11.3 Å². The topological polar surface area (TPSA) is 32.3 Å². The lowest BCUT2D eigenvalue weighted by Gasteiger charge is -2.26. The maximum absolute atomic E-state index is 13.1. The van der Waals surface area contributed by atoms with Crippen molar-refractivity contribution in [3.05, 3.63) is 35.0 Å². The second-order valence-electron chi connectivity index (χ2n) is 4.33. The van der Waals surface area contributed by atoms with Crippen LogP contribution in [-0.2, 0) is 0 Å². The SMILES string of the molecule is O=C(c1cc2ccc(F)cc2s1)N1CCNCC1. The van der Waals surface area contributed by atoms with Gasteiger partial charge in [-0.2, -0.15) is 0 Å². The number of benzene rings is 1. The number of nitrogens with one attached hydrogen (secondary N) is 1. The third-order valence-corrected chi connectivity index (χ3v) is 4.18. The Hall–Kier alpha value is -1.46. The molecule has 1 aliphatic heterocycles. The van der Waals surface area contributed by atoms with Crippen molar-refractivity contribution < 1.29 is 9.18 Å². The zero-order valence-corrected chi connectivity index (χ0v) is 10.6. The summed E-state index contributed by atoms with van der Waals surface area (Å²) >= 11 is 1.36. The van der Waals surface area contributed by atoms with Crippen molar-refractivity contribution in [2.45, 2.75) is 0 Å². The summed E-state index contributed by atoms with van der Waals surface area (Å²) in [5.74, 6) is -0.205. The van der Waals surface area contributed by atoms with E-state index < -0.39 is 0 Å². The average molecular weight is 264 g/mol. The monoisotopic (exact) mass is 264 g/mol. The van der Waals surface area contributed by atoms with Crippen molar-refractivity contribution >= 4 is 27.3 Å². The van der Waals surface area contributed by atoms with E-state index in [-0.39, 0.29) is 11.7 Å². The van der Waals surface area contributed by atoms with Gasteiger partial charge in [0, 0.05) is 30.9 Å². The van der Waals surface area contributed by atoms with Gasteiger partial charge in [0.2, 0.25) is 0 Å². The quantitative estimate of drug-likeness (QED) is 0.855. The summed E-state index contributed by atoms with van der Waals surface area (Å²) in [4.78, 5) is 14.8. The van der Waals surface area contributed by atoms with Crippen LogP contribution in [-0.4, -0.2) is 37.0 Å². The van der Waals surface area contributed by atoms with Crippen LogP contribution in [0, 0.1) is 5.82 Å². The van der Waals surface area contributed by atoms with Crippen molar-refractivity contribution in [2.24, 2.45) is 0 Å². The average Bonchev–Trinajstić information content (AvgIpc) is 2.81. The number of hydrogen-bond acceptors (Lipinski definition) is 3. The lowest BCUT2D eigenvalue weighted by molar-refractivity contribution is 0.0741. The lowest BCUT2D eigenvalue weighted by Crippen LogP contribution is -2.46. The molecule has 1 amide bonds. The Morgan fingerprint density at radius 3 is 2.83 bits per heavy atom. The third kappa shape index (κ3) is 2.11. The van der Waals surface area contributed by atoms with Crippen LogP contribution in [0.5, 0.6) is 0 Å². The van der Waals surface area contributed by atoms with Crippen molar-refractivity contribution in [3.8, 4) is 0 Å². The molecule has 0 unspecified atom stereocenters. The molecule has 0 bridgehead atoms. The van der Waals surface area contributed by atoms with Gasteiger partial charge in [-0.05, 0) is 23.6 Å². The van der Waals surface area contributed by atoms with Gasteiger partial charge in [-0.3, -0.25) is 4.79 Å². The van der Waals surface area contributed by atoms with Gasteiger partial charge in [0.1, 0.15) is 5.82 Å². The number of amides is 1. The molecule has 5 heteroatoms. The van der Waals surface area contributed by atoms with E-state index >= 15 is 0 Å². The smallest absolute Gasteiger partial charge is 0.264 e. The molecule has 1 aromatic carbocycles. The molecule has 94 valence electrons. The Balaban J connectivity index is 1.91. The first-order valence-electron chi connectivity index (χ1n) is 5.93. The Labute approximate surface area is 108 Å². The number of thiophene rings is 1. The van der Waals surface area contributed by atoms with Crippen LogP contribution in [0.1, 0.15) is 9.67 Å². The summed E-state index contributed by atoms with van der Waals surface area (Å²) in [6, 6.07) is 6.47. The number of rotatable bonds is 1. The Kier molecular flexibility index (Phi) is 3.01. The number of hydrogen-bond donors (Lipinski definition) is 1. The summed E-state index contributed by atoms with van der Waals surface area (Å²) in [6.07, 6.45) is 0. The maximum Gasteiger partial charge on any atom is 0.264 e. The van der Waals surface area contributed by atoms with Crippen LogP contribution < -0.4 is 5.32 Å². The van der Waals surface area contributed by atoms with Crippen LogP contribution in [0.25, 0.3) is 10.1 Å². The van der Waals surface area contributed by atoms with E-state index in [2.05, 4.69) is 5.32 Å². The van der Waals surface area contributed by atoms with Gasteiger partial charge in [0.25, 0.3) is 5.91 Å². The van der Waals surface area contributed by atoms with E-state index in [1.54, 1.807) is 6.07 Å². The molecule has 0 aliphatic carbocycles. The Morgan fingerprint density at radius 2 is 2.06 bits per heavy atom. The highest BCUT2D eigenvalue weighted by atomic mass is 32.1. The van der Waals surface area contributed by atoms with Crippen LogP contribution in [0.4, 0.5) is 4.39 Å². The first kappa shape index (κ1) is 11.6. The van der Waals surface area contributed by atoms with Crippen LogP contribution in [0.3, 0.4) is 0 Å². The summed E-state index contributed by atoms with van der Waals surface area (Å²) in [7, 11) is 0. The summed E-state index contributed by atoms with van der Waals surface area (Å²) in [5, 5.41) is 4.15. The standard InChI is InChI=1S/C13H13FN2OS/c14-10-2-1-9-7-12(18-11(9)8-10)13(17)16-5-3-15-4-6-16/h1-2,7-8,15H,3-6H2. The molecular formula is C13H13FN2OS. The van der Waals surface area contributed by atoms with Gasteiger partial charge < -0.3 is 10.2 Å². The van der Waals surface area contributed by atoms with Crippen molar-refractivity contribution in [3.63, 3.8) is 0 Å². The first-order chi connectivity index (χ1) is 8.74. The minimum atomic E-state index is -0.259. The number of carbonyl (C=O) groups excluding carboxylic acids is 1. The molecule has 1 N–H and O–H groups in total. The van der Waals surface area contributed by atoms with Crippen LogP contribution in [0.2, 0.25) is 0 Å². The fourth-order valence-electron chi connectivity index (χ4n) is 2.13. The summed E-state index contributed by atoms with van der Waals surface area (Å²) < 4.78 is 13.9. The van der Waals surface area contributed by atoms with Gasteiger partial charge in [0.15, 0.2) is 0 Å². The van der Waals surface area contributed by atoms with E-state index in [1.807, 2.05) is 11.0 Å². The lowest BCUT2D eigenvalue weighted by atomic mass is 10.2. The first-order valence-corrected chi connectivity index (χ1v) is 6.75. The van der Waals surface area contributed by atoms with Crippen LogP contribution in [0.15, 0.2) is 24.3 Å². The molecule has 3 nitrogen and oxygen atoms in total. The van der Waals surface area contributed by atoms with E-state index in [4.69, 9.17) is 0 Å². The van der Waals surface area contributed by atoms with Gasteiger partial charge in [-0.25, -0.2) is 4.39 Å². The number of piperazine rings is 1. The molecule has 0 spiro atoms. The Bertz CT molecular complexity index is 590. The van der Waals surface area contributed by atoms with E-state index in [1.165, 1.54) is 23.5 Å². The molecule has 0 saturated carbocycles. The normalized spacial score (nSPS) is 16.2. The van der Waals surface area contributed by atoms with E-state index in [9.17, 15) is 9.18 Å². The molecule has 1 fully saturated rings. The van der Waals surface area contributed by atoms with E-state index in [0.717, 1.165) is 36.3 Å². The Morgan fingerprint density at radius 1 is 1.28 bits per heavy atom. The zero-order valence-electron chi connectivity index (χ0n) is 9.78. The second-order valence-corrected chi connectivity index (χ2v) is 5.42. The number of carbonyl (C=O) groups is 1. The highest BCUT2D eigenvalue weighted by Crippen LogP contribution is 2.27. The number of nitrogens with zero attached hydrogens (tertiary/aromatic N) is 1. The molecule has 1 aromatic heterocycles. The fraction of sp³-hybridized carbons (Fsp3) is 0.308. The van der Waals surface area contributed by atoms with Gasteiger partial charge >= 0.3 is 0 Å². The van der Waals surface area contributed by atoms with E-state index in [0.29, 0.717) is 4.88 Å². The predicted octanol–water partition coefficient (Wildman–Crippen LogP) is 2.09. The molecule has 2 aromatic rings. The molecule has 0 radical (unpaired) electrons. The molecule has 18 heavy (non-hydrogen) atoms. The van der Waals surface area contributed by atoms with Crippen molar-refractivity contribution in [2.75, 3.05) is 26.2 Å². The van der Waals surface area contributed by atoms with Crippen molar-refractivity contribution in [1.82, 2.24) is 10.2 Å². The zero-order chi connectivity index (χ0) is 12.5. The van der Waals surface area contributed by atoms with Gasteiger partial charge in [-0.1, -0.05) is 6.07 Å².